The summed E-state index contributed by atoms with van der Waals surface area (Å²) < 4.78 is 0. The van der Waals surface area contributed by atoms with Gasteiger partial charge in [-0.25, -0.2) is 0 Å². The molecule has 0 aromatic rings. The van der Waals surface area contributed by atoms with E-state index in [9.17, 15) is 0 Å². The Morgan fingerprint density at radius 2 is 2.00 bits per heavy atom. The van der Waals surface area contributed by atoms with E-state index in [1.54, 1.807) is 0 Å². The van der Waals surface area contributed by atoms with Crippen molar-refractivity contribution >= 4 is 17.3 Å². The number of nitrogens with zero attached hydrogens (tertiary/aromatic N) is 1. The normalized spacial score (nSPS) is 17.1. The van der Waals surface area contributed by atoms with E-state index in [0.29, 0.717) is 5.92 Å². The summed E-state index contributed by atoms with van der Waals surface area (Å²) in [5, 5.41) is 4.23. The number of hydrogen-bond acceptors (Lipinski definition) is 1. The Hall–Kier alpha value is -0.310. The van der Waals surface area contributed by atoms with Gasteiger partial charge in [-0.15, -0.1) is 0 Å². The van der Waals surface area contributed by atoms with E-state index in [1.165, 1.54) is 12.8 Å². The van der Waals surface area contributed by atoms with Crippen molar-refractivity contribution in [3.8, 4) is 0 Å². The molecule has 0 unspecified atom stereocenters. The van der Waals surface area contributed by atoms with Gasteiger partial charge in [0.25, 0.3) is 0 Å². The zero-order valence-corrected chi connectivity index (χ0v) is 8.78. The summed E-state index contributed by atoms with van der Waals surface area (Å²) >= 11 is 5.25. The fourth-order valence-corrected chi connectivity index (χ4v) is 1.59. The van der Waals surface area contributed by atoms with Gasteiger partial charge in [0.15, 0.2) is 5.11 Å². The van der Waals surface area contributed by atoms with Crippen LogP contribution in [0.1, 0.15) is 26.7 Å². The first kappa shape index (κ1) is 9.78. The summed E-state index contributed by atoms with van der Waals surface area (Å²) in [5.74, 6) is 0.672. The third kappa shape index (κ3) is 2.97. The minimum atomic E-state index is 0.672. The molecule has 1 fully saturated rings. The molecule has 3 heteroatoms. The van der Waals surface area contributed by atoms with Gasteiger partial charge in [0.05, 0.1) is 0 Å². The first-order valence-corrected chi connectivity index (χ1v) is 5.13. The maximum atomic E-state index is 5.25. The van der Waals surface area contributed by atoms with Crippen LogP contribution in [0.2, 0.25) is 0 Å². The number of likely N-dealkylation sites (tertiary alicyclic amines) is 1. The summed E-state index contributed by atoms with van der Waals surface area (Å²) in [6.45, 7) is 7.67. The fourth-order valence-electron chi connectivity index (χ4n) is 1.32. The van der Waals surface area contributed by atoms with Gasteiger partial charge in [0.2, 0.25) is 0 Å². The van der Waals surface area contributed by atoms with E-state index < -0.39 is 0 Å². The van der Waals surface area contributed by atoms with Gasteiger partial charge in [-0.05, 0) is 31.0 Å². The molecule has 0 aromatic heterocycles. The predicted octanol–water partition coefficient (Wildman–Crippen LogP) is 1.61. The van der Waals surface area contributed by atoms with Crippen LogP contribution >= 0.6 is 12.2 Å². The van der Waals surface area contributed by atoms with Gasteiger partial charge in [0.1, 0.15) is 0 Å². The fraction of sp³-hybridized carbons (Fsp3) is 0.889. The van der Waals surface area contributed by atoms with Crippen LogP contribution in [0.3, 0.4) is 0 Å². The molecule has 0 aliphatic carbocycles. The molecule has 1 heterocycles. The molecule has 1 aliphatic heterocycles. The Bertz CT molecular complexity index is 151. The van der Waals surface area contributed by atoms with Crippen molar-refractivity contribution in [3.63, 3.8) is 0 Å². The minimum Gasteiger partial charge on any atom is -0.362 e. The highest BCUT2D eigenvalue weighted by atomic mass is 32.1. The molecular formula is C9H18N2S. The number of rotatable bonds is 2. The Balaban J connectivity index is 2.18. The molecule has 0 atom stereocenters. The number of thiocarbonyl (C=S) groups is 1. The summed E-state index contributed by atoms with van der Waals surface area (Å²) in [6.07, 6.45) is 2.59. The van der Waals surface area contributed by atoms with Crippen molar-refractivity contribution in [1.82, 2.24) is 10.2 Å². The van der Waals surface area contributed by atoms with E-state index in [0.717, 1.165) is 24.7 Å². The molecule has 0 saturated carbocycles. The van der Waals surface area contributed by atoms with E-state index in [4.69, 9.17) is 12.2 Å². The maximum absolute atomic E-state index is 5.25. The van der Waals surface area contributed by atoms with Crippen LogP contribution < -0.4 is 5.32 Å². The Morgan fingerprint density at radius 3 is 2.50 bits per heavy atom. The van der Waals surface area contributed by atoms with Crippen molar-refractivity contribution in [2.45, 2.75) is 26.7 Å². The predicted molar refractivity (Wildman–Crippen MR) is 56.2 cm³/mol. The molecule has 0 bridgehead atoms. The van der Waals surface area contributed by atoms with Crippen molar-refractivity contribution in [1.29, 1.82) is 0 Å². The summed E-state index contributed by atoms with van der Waals surface area (Å²) in [5.41, 5.74) is 0. The van der Waals surface area contributed by atoms with Crippen LogP contribution in [0.4, 0.5) is 0 Å². The lowest BCUT2D eigenvalue weighted by molar-refractivity contribution is 0.495. The van der Waals surface area contributed by atoms with E-state index in [-0.39, 0.29) is 0 Å². The first-order chi connectivity index (χ1) is 5.70. The number of nitrogens with one attached hydrogen (secondary N) is 1. The summed E-state index contributed by atoms with van der Waals surface area (Å²) in [6, 6.07) is 0. The van der Waals surface area contributed by atoms with E-state index in [1.807, 2.05) is 0 Å². The van der Waals surface area contributed by atoms with E-state index in [2.05, 4.69) is 24.1 Å². The highest BCUT2D eigenvalue weighted by Crippen LogP contribution is 2.07. The van der Waals surface area contributed by atoms with Crippen molar-refractivity contribution in [2.75, 3.05) is 19.6 Å². The molecule has 2 nitrogen and oxygen atoms in total. The molecule has 1 N–H and O–H groups in total. The Labute approximate surface area is 80.3 Å². The average molecular weight is 186 g/mol. The third-order valence-corrected chi connectivity index (χ3v) is 2.46. The first-order valence-electron chi connectivity index (χ1n) is 4.73. The number of hydrogen-bond donors (Lipinski definition) is 1. The summed E-state index contributed by atoms with van der Waals surface area (Å²) in [7, 11) is 0. The molecule has 70 valence electrons. The second-order valence-corrected chi connectivity index (χ2v) is 4.16. The molecule has 1 aliphatic rings. The van der Waals surface area contributed by atoms with Gasteiger partial charge in [-0.1, -0.05) is 13.8 Å². The smallest absolute Gasteiger partial charge is 0.168 e. The van der Waals surface area contributed by atoms with Crippen LogP contribution in [0.5, 0.6) is 0 Å². The monoisotopic (exact) mass is 186 g/mol. The lowest BCUT2D eigenvalue weighted by atomic mass is 10.2. The molecule has 0 radical (unpaired) electrons. The quantitative estimate of drug-likeness (QED) is 0.660. The Kier molecular flexibility index (Phi) is 3.79. The molecule has 12 heavy (non-hydrogen) atoms. The van der Waals surface area contributed by atoms with Crippen molar-refractivity contribution in [3.05, 3.63) is 0 Å². The van der Waals surface area contributed by atoms with Gasteiger partial charge >= 0.3 is 0 Å². The van der Waals surface area contributed by atoms with Crippen molar-refractivity contribution in [2.24, 2.45) is 5.92 Å². The van der Waals surface area contributed by atoms with Crippen LogP contribution in [0.25, 0.3) is 0 Å². The molecule has 1 saturated heterocycles. The minimum absolute atomic E-state index is 0.672. The lowest BCUT2D eigenvalue weighted by Gasteiger charge is -2.20. The largest absolute Gasteiger partial charge is 0.362 e. The molecule has 0 amide bonds. The second-order valence-electron chi connectivity index (χ2n) is 3.77. The average Bonchev–Trinajstić information content (AvgIpc) is 2.51. The highest BCUT2D eigenvalue weighted by molar-refractivity contribution is 7.80. The second kappa shape index (κ2) is 4.65. The van der Waals surface area contributed by atoms with E-state index >= 15 is 0 Å². The SMILES string of the molecule is CC(C)CNC(=S)N1CCCC1. The van der Waals surface area contributed by atoms with Crippen molar-refractivity contribution < 1.29 is 0 Å². The zero-order valence-electron chi connectivity index (χ0n) is 7.97. The molecule has 1 rings (SSSR count). The van der Waals surface area contributed by atoms with Crippen LogP contribution in [-0.4, -0.2) is 29.6 Å². The van der Waals surface area contributed by atoms with Crippen LogP contribution in [-0.2, 0) is 0 Å². The van der Waals surface area contributed by atoms with Gasteiger partial charge in [-0.2, -0.15) is 0 Å². The maximum Gasteiger partial charge on any atom is 0.168 e. The molecule has 0 spiro atoms. The van der Waals surface area contributed by atoms with Gasteiger partial charge in [0, 0.05) is 19.6 Å². The lowest BCUT2D eigenvalue weighted by Crippen LogP contribution is -2.39. The Morgan fingerprint density at radius 1 is 1.42 bits per heavy atom. The summed E-state index contributed by atoms with van der Waals surface area (Å²) in [4.78, 5) is 2.26. The van der Waals surface area contributed by atoms with Crippen LogP contribution in [0, 0.1) is 5.92 Å². The standard InChI is InChI=1S/C9H18N2S/c1-8(2)7-10-9(12)11-5-3-4-6-11/h8H,3-7H2,1-2H3,(H,10,12). The zero-order chi connectivity index (χ0) is 8.97. The highest BCUT2D eigenvalue weighted by Gasteiger charge is 2.13. The molecule has 0 aromatic carbocycles. The van der Waals surface area contributed by atoms with Crippen LogP contribution in [0.15, 0.2) is 0 Å². The topological polar surface area (TPSA) is 15.3 Å². The van der Waals surface area contributed by atoms with Gasteiger partial charge < -0.3 is 10.2 Å². The molecular weight excluding hydrogens is 168 g/mol. The van der Waals surface area contributed by atoms with Gasteiger partial charge in [-0.3, -0.25) is 0 Å². The third-order valence-electron chi connectivity index (χ3n) is 2.05.